The van der Waals surface area contributed by atoms with Crippen molar-refractivity contribution in [3.8, 4) is 11.1 Å². The minimum Gasteiger partial charge on any atom is -0.379 e. The summed E-state index contributed by atoms with van der Waals surface area (Å²) in [6.45, 7) is 7.40. The quantitative estimate of drug-likeness (QED) is 0.156. The predicted octanol–water partition coefficient (Wildman–Crippen LogP) is 9.58. The van der Waals surface area contributed by atoms with Crippen LogP contribution in [0.1, 0.15) is 108 Å². The maximum atomic E-state index is 5.58. The summed E-state index contributed by atoms with van der Waals surface area (Å²) in [4.78, 5) is 0. The summed E-state index contributed by atoms with van der Waals surface area (Å²) in [5, 5.41) is 0. The second-order valence-electron chi connectivity index (χ2n) is 9.95. The number of unbranched alkanes of at least 4 members (excludes halogenated alkanes) is 11. The standard InChI is InChI=1S/C33H52O2/c1-3-5-6-7-8-9-11-14-17-30-19-23-32(24-20-30)33-25-21-31(22-26-33)18-15-12-10-13-16-27-35-29-28-34-4-2/h19-26H,3-18,27-29H2,1-2H3. The largest absolute Gasteiger partial charge is 0.379 e. The van der Waals surface area contributed by atoms with Gasteiger partial charge in [-0.15, -0.1) is 0 Å². The summed E-state index contributed by atoms with van der Waals surface area (Å²) in [5.74, 6) is 0. The first kappa shape index (κ1) is 29.6. The Bertz CT molecular complexity index is 720. The average molecular weight is 481 g/mol. The van der Waals surface area contributed by atoms with Crippen LogP contribution in [0.5, 0.6) is 0 Å². The van der Waals surface area contributed by atoms with Crippen molar-refractivity contribution in [2.24, 2.45) is 0 Å². The molecule has 0 aliphatic carbocycles. The van der Waals surface area contributed by atoms with Crippen molar-refractivity contribution in [1.82, 2.24) is 0 Å². The Balaban J connectivity index is 1.54. The van der Waals surface area contributed by atoms with Crippen molar-refractivity contribution >= 4 is 0 Å². The van der Waals surface area contributed by atoms with Gasteiger partial charge in [0.2, 0.25) is 0 Å². The fraction of sp³-hybridized carbons (Fsp3) is 0.636. The van der Waals surface area contributed by atoms with E-state index in [9.17, 15) is 0 Å². The van der Waals surface area contributed by atoms with Crippen molar-refractivity contribution in [1.29, 1.82) is 0 Å². The van der Waals surface area contributed by atoms with Crippen LogP contribution in [0.4, 0.5) is 0 Å². The number of hydrogen-bond donors (Lipinski definition) is 0. The zero-order valence-corrected chi connectivity index (χ0v) is 22.9. The van der Waals surface area contributed by atoms with Crippen LogP contribution in [0.2, 0.25) is 0 Å². The van der Waals surface area contributed by atoms with Crippen LogP contribution in [-0.2, 0) is 22.3 Å². The number of benzene rings is 2. The van der Waals surface area contributed by atoms with Crippen LogP contribution < -0.4 is 0 Å². The van der Waals surface area contributed by atoms with Gasteiger partial charge < -0.3 is 9.47 Å². The van der Waals surface area contributed by atoms with Gasteiger partial charge in [0.25, 0.3) is 0 Å². The summed E-state index contributed by atoms with van der Waals surface area (Å²) < 4.78 is 10.9. The van der Waals surface area contributed by atoms with Crippen molar-refractivity contribution in [3.63, 3.8) is 0 Å². The first-order chi connectivity index (χ1) is 17.3. The molecule has 2 aromatic rings. The lowest BCUT2D eigenvalue weighted by atomic mass is 9.98. The first-order valence-electron chi connectivity index (χ1n) is 14.7. The van der Waals surface area contributed by atoms with Crippen LogP contribution in [0, 0.1) is 0 Å². The Morgan fingerprint density at radius 1 is 0.429 bits per heavy atom. The highest BCUT2D eigenvalue weighted by atomic mass is 16.5. The van der Waals surface area contributed by atoms with Gasteiger partial charge in [0.15, 0.2) is 0 Å². The third-order valence-electron chi connectivity index (χ3n) is 6.89. The molecule has 0 unspecified atom stereocenters. The summed E-state index contributed by atoms with van der Waals surface area (Å²) in [6.07, 6.45) is 19.8. The Kier molecular flexibility index (Phi) is 17.4. The third-order valence-corrected chi connectivity index (χ3v) is 6.89. The first-order valence-corrected chi connectivity index (χ1v) is 14.7. The number of ether oxygens (including phenoxy) is 2. The van der Waals surface area contributed by atoms with E-state index in [4.69, 9.17) is 9.47 Å². The lowest BCUT2D eigenvalue weighted by molar-refractivity contribution is 0.0512. The van der Waals surface area contributed by atoms with E-state index in [1.54, 1.807) is 0 Å². The minimum atomic E-state index is 0.722. The molecule has 0 bridgehead atoms. The van der Waals surface area contributed by atoms with Gasteiger partial charge in [-0.1, -0.05) is 120 Å². The van der Waals surface area contributed by atoms with Gasteiger partial charge in [0, 0.05) is 13.2 Å². The van der Waals surface area contributed by atoms with E-state index in [1.807, 2.05) is 6.92 Å². The van der Waals surface area contributed by atoms with Gasteiger partial charge in [-0.2, -0.15) is 0 Å². The molecular formula is C33H52O2. The summed E-state index contributed by atoms with van der Waals surface area (Å²) in [7, 11) is 0. The van der Waals surface area contributed by atoms with Gasteiger partial charge in [-0.05, 0) is 61.3 Å². The zero-order chi connectivity index (χ0) is 24.8. The molecule has 0 amide bonds. The maximum Gasteiger partial charge on any atom is 0.0700 e. The van der Waals surface area contributed by atoms with E-state index >= 15 is 0 Å². The van der Waals surface area contributed by atoms with Crippen molar-refractivity contribution < 1.29 is 9.47 Å². The lowest BCUT2D eigenvalue weighted by Gasteiger charge is -2.07. The topological polar surface area (TPSA) is 18.5 Å². The van der Waals surface area contributed by atoms with E-state index < -0.39 is 0 Å². The van der Waals surface area contributed by atoms with Gasteiger partial charge in [0.1, 0.15) is 0 Å². The van der Waals surface area contributed by atoms with Crippen molar-refractivity contribution in [3.05, 3.63) is 59.7 Å². The Labute approximate surface area is 216 Å². The molecule has 2 aromatic carbocycles. The maximum absolute atomic E-state index is 5.58. The predicted molar refractivity (Wildman–Crippen MR) is 152 cm³/mol. The highest BCUT2D eigenvalue weighted by Crippen LogP contribution is 2.22. The molecule has 0 saturated heterocycles. The van der Waals surface area contributed by atoms with Crippen LogP contribution in [0.3, 0.4) is 0 Å². The highest BCUT2D eigenvalue weighted by Gasteiger charge is 2.01. The average Bonchev–Trinajstić information content (AvgIpc) is 2.89. The van der Waals surface area contributed by atoms with E-state index in [0.717, 1.165) is 26.4 Å². The van der Waals surface area contributed by atoms with E-state index in [-0.39, 0.29) is 0 Å². The zero-order valence-electron chi connectivity index (χ0n) is 22.9. The van der Waals surface area contributed by atoms with Crippen LogP contribution in [0.25, 0.3) is 11.1 Å². The van der Waals surface area contributed by atoms with Gasteiger partial charge in [-0.25, -0.2) is 0 Å². The van der Waals surface area contributed by atoms with Gasteiger partial charge in [0.05, 0.1) is 13.2 Å². The minimum absolute atomic E-state index is 0.722. The molecule has 2 heteroatoms. The number of rotatable bonds is 22. The molecule has 0 saturated carbocycles. The van der Waals surface area contributed by atoms with Gasteiger partial charge >= 0.3 is 0 Å². The number of hydrogen-bond acceptors (Lipinski definition) is 2. The van der Waals surface area contributed by atoms with Crippen molar-refractivity contribution in [2.75, 3.05) is 26.4 Å². The highest BCUT2D eigenvalue weighted by molar-refractivity contribution is 5.63. The second kappa shape index (κ2) is 20.5. The normalized spacial score (nSPS) is 11.3. The Morgan fingerprint density at radius 3 is 1.34 bits per heavy atom. The Morgan fingerprint density at radius 2 is 0.857 bits per heavy atom. The molecule has 0 aliphatic heterocycles. The molecule has 0 aromatic heterocycles. The molecule has 0 fully saturated rings. The molecule has 2 rings (SSSR count). The molecule has 0 atom stereocenters. The molecule has 0 aliphatic rings. The molecule has 0 heterocycles. The van der Waals surface area contributed by atoms with Gasteiger partial charge in [-0.3, -0.25) is 0 Å². The molecular weight excluding hydrogens is 428 g/mol. The Hall–Kier alpha value is -1.64. The van der Waals surface area contributed by atoms with E-state index in [1.165, 1.54) is 119 Å². The monoisotopic (exact) mass is 480 g/mol. The van der Waals surface area contributed by atoms with E-state index in [0.29, 0.717) is 0 Å². The number of aryl methyl sites for hydroxylation is 2. The fourth-order valence-corrected chi connectivity index (χ4v) is 4.62. The van der Waals surface area contributed by atoms with E-state index in [2.05, 4.69) is 55.5 Å². The molecule has 196 valence electrons. The van der Waals surface area contributed by atoms with Crippen LogP contribution >= 0.6 is 0 Å². The molecule has 0 spiro atoms. The van der Waals surface area contributed by atoms with Crippen molar-refractivity contribution in [2.45, 2.75) is 110 Å². The summed E-state index contributed by atoms with van der Waals surface area (Å²) >= 11 is 0. The molecule has 2 nitrogen and oxygen atoms in total. The fourth-order valence-electron chi connectivity index (χ4n) is 4.62. The SMILES string of the molecule is CCCCCCCCCCc1ccc(-c2ccc(CCCCCCCOCCOCC)cc2)cc1. The smallest absolute Gasteiger partial charge is 0.0700 e. The molecule has 35 heavy (non-hydrogen) atoms. The molecule has 0 radical (unpaired) electrons. The second-order valence-corrected chi connectivity index (χ2v) is 9.95. The third kappa shape index (κ3) is 14.5. The molecule has 0 N–H and O–H groups in total. The lowest BCUT2D eigenvalue weighted by Crippen LogP contribution is -2.04. The van der Waals surface area contributed by atoms with Crippen LogP contribution in [-0.4, -0.2) is 26.4 Å². The summed E-state index contributed by atoms with van der Waals surface area (Å²) in [5.41, 5.74) is 5.60. The van der Waals surface area contributed by atoms with Crippen LogP contribution in [0.15, 0.2) is 48.5 Å². The summed E-state index contributed by atoms with van der Waals surface area (Å²) in [6, 6.07) is 18.5.